The van der Waals surface area contributed by atoms with E-state index in [0.717, 1.165) is 11.1 Å². The Morgan fingerprint density at radius 3 is 2.49 bits per heavy atom. The maximum atomic E-state index is 12.8. The Labute approximate surface area is 244 Å². The quantitative estimate of drug-likeness (QED) is 0.196. The summed E-state index contributed by atoms with van der Waals surface area (Å²) in [5, 5.41) is 3.41. The number of hydrogen-bond donors (Lipinski definition) is 1. The van der Waals surface area contributed by atoms with E-state index in [1.165, 1.54) is 7.11 Å². The molecule has 10 nitrogen and oxygen atoms in total. The summed E-state index contributed by atoms with van der Waals surface area (Å²) in [5.74, 6) is -0.562. The van der Waals surface area contributed by atoms with Crippen molar-refractivity contribution in [3.8, 4) is 0 Å². The van der Waals surface area contributed by atoms with Crippen LogP contribution in [0.4, 0.5) is 16.3 Å². The second-order valence-corrected chi connectivity index (χ2v) is 11.2. The molecule has 2 aromatic heterocycles. The Morgan fingerprint density at radius 2 is 1.83 bits per heavy atom. The van der Waals surface area contributed by atoms with E-state index in [9.17, 15) is 14.4 Å². The molecule has 1 fully saturated rings. The number of carbonyl (C=O) groups is 3. The van der Waals surface area contributed by atoms with Gasteiger partial charge in [0.25, 0.3) is 0 Å². The number of amides is 1. The molecule has 0 saturated carbocycles. The highest BCUT2D eigenvalue weighted by atomic mass is 35.5. The molecule has 3 aromatic rings. The third-order valence-corrected chi connectivity index (χ3v) is 6.51. The fourth-order valence-electron chi connectivity index (χ4n) is 4.41. The molecule has 0 unspecified atom stereocenters. The smallest absolute Gasteiger partial charge is 0.415 e. The van der Waals surface area contributed by atoms with Crippen molar-refractivity contribution >= 4 is 41.1 Å². The summed E-state index contributed by atoms with van der Waals surface area (Å²) in [5.41, 5.74) is 2.83. The monoisotopic (exact) mass is 580 g/mol. The summed E-state index contributed by atoms with van der Waals surface area (Å²) < 4.78 is 15.7. The Morgan fingerprint density at radius 1 is 1.12 bits per heavy atom. The fourth-order valence-corrected chi connectivity index (χ4v) is 4.56. The highest BCUT2D eigenvalue weighted by Crippen LogP contribution is 2.29. The molecule has 1 N–H and O–H groups in total. The largest absolute Gasteiger partial charge is 0.464 e. The van der Waals surface area contributed by atoms with Gasteiger partial charge in [-0.15, -0.1) is 0 Å². The molecule has 0 radical (unpaired) electrons. The number of aryl methyl sites for hydroxylation is 1. The summed E-state index contributed by atoms with van der Waals surface area (Å²) in [6, 6.07) is 13.4. The molecule has 1 aliphatic rings. The van der Waals surface area contributed by atoms with E-state index in [-0.39, 0.29) is 29.5 Å². The summed E-state index contributed by atoms with van der Waals surface area (Å²) in [6.45, 7) is 9.46. The van der Waals surface area contributed by atoms with Gasteiger partial charge in [0.15, 0.2) is 5.69 Å². The molecule has 2 atom stereocenters. The van der Waals surface area contributed by atoms with Crippen molar-refractivity contribution in [3.05, 3.63) is 81.8 Å². The zero-order valence-corrected chi connectivity index (χ0v) is 24.6. The lowest BCUT2D eigenvalue weighted by Crippen LogP contribution is -2.36. The summed E-state index contributed by atoms with van der Waals surface area (Å²) in [4.78, 5) is 47.9. The lowest BCUT2D eigenvalue weighted by atomic mass is 10.0. The van der Waals surface area contributed by atoms with Crippen molar-refractivity contribution in [3.63, 3.8) is 0 Å². The molecule has 0 bridgehead atoms. The molecule has 41 heavy (non-hydrogen) atoms. The second-order valence-electron chi connectivity index (χ2n) is 10.8. The lowest BCUT2D eigenvalue weighted by molar-refractivity contribution is 0.00692. The van der Waals surface area contributed by atoms with Crippen molar-refractivity contribution in [2.75, 3.05) is 23.9 Å². The molecular weight excluding hydrogens is 548 g/mol. The summed E-state index contributed by atoms with van der Waals surface area (Å²) >= 11 is 5.99. The number of aromatic nitrogens is 2. The van der Waals surface area contributed by atoms with E-state index < -0.39 is 23.6 Å². The fraction of sp³-hybridized carbons (Fsp3) is 0.367. The molecule has 0 spiro atoms. The molecule has 4 rings (SSSR count). The number of halogens is 1. The molecule has 1 aliphatic heterocycles. The van der Waals surface area contributed by atoms with Crippen molar-refractivity contribution in [1.82, 2.24) is 9.97 Å². The van der Waals surface area contributed by atoms with Crippen LogP contribution in [-0.4, -0.2) is 53.4 Å². The van der Waals surface area contributed by atoms with Gasteiger partial charge in [-0.1, -0.05) is 23.7 Å². The van der Waals surface area contributed by atoms with Crippen molar-refractivity contribution in [1.29, 1.82) is 0 Å². The third-order valence-electron chi connectivity index (χ3n) is 6.30. The van der Waals surface area contributed by atoms with Crippen LogP contribution in [0.2, 0.25) is 5.15 Å². The number of anilines is 2. The first-order valence-corrected chi connectivity index (χ1v) is 13.5. The first-order chi connectivity index (χ1) is 19.3. The number of esters is 2. The number of ether oxygens (including phenoxy) is 3. The van der Waals surface area contributed by atoms with Crippen molar-refractivity contribution < 1.29 is 28.6 Å². The number of pyridine rings is 2. The lowest BCUT2D eigenvalue weighted by Gasteiger charge is -2.23. The first kappa shape index (κ1) is 29.8. The van der Waals surface area contributed by atoms with Crippen LogP contribution in [0.25, 0.3) is 0 Å². The van der Waals surface area contributed by atoms with Gasteiger partial charge in [0.2, 0.25) is 0 Å². The number of benzene rings is 1. The summed E-state index contributed by atoms with van der Waals surface area (Å²) in [7, 11) is 1.27. The average molecular weight is 581 g/mol. The SMILES string of the molecule is COC(=O)c1nc(Cl)ccc1N[C@H](C)c1cc(C)cc(N2C(=O)OC[C@@H]2Cc2ccc(C(=O)OC(C)(C)C)cc2)n1. The standard InChI is InChI=1S/C30H33ClN4O6/c1-17-13-23(18(2)32-22-11-12-24(31)34-26(22)28(37)39-6)33-25(14-17)35-21(16-40-29(35)38)15-19-7-9-20(10-8-19)27(36)41-30(3,4)5/h7-14,18,21,32H,15-16H2,1-6H3/t18-,21+/m1/s1. The number of nitrogens with zero attached hydrogens (tertiary/aromatic N) is 3. The molecule has 1 amide bonds. The zero-order valence-electron chi connectivity index (χ0n) is 23.9. The number of nitrogens with one attached hydrogen (secondary N) is 1. The van der Waals surface area contributed by atoms with Crippen LogP contribution in [0.1, 0.15) is 71.4 Å². The highest BCUT2D eigenvalue weighted by Gasteiger charge is 2.36. The van der Waals surface area contributed by atoms with Crippen LogP contribution in [0, 0.1) is 6.92 Å². The Hall–Kier alpha value is -4.18. The van der Waals surface area contributed by atoms with Crippen LogP contribution in [-0.2, 0) is 20.6 Å². The van der Waals surface area contributed by atoms with Crippen LogP contribution in [0.15, 0.2) is 48.5 Å². The molecule has 0 aliphatic carbocycles. The zero-order chi connectivity index (χ0) is 29.9. The molecular formula is C30H33ClN4O6. The van der Waals surface area contributed by atoms with Gasteiger partial charge in [-0.2, -0.15) is 0 Å². The minimum Gasteiger partial charge on any atom is -0.464 e. The van der Waals surface area contributed by atoms with Crippen LogP contribution >= 0.6 is 11.6 Å². The Balaban J connectivity index is 1.54. The Bertz CT molecular complexity index is 1450. The molecule has 1 saturated heterocycles. The van der Waals surface area contributed by atoms with Crippen LogP contribution in [0.5, 0.6) is 0 Å². The van der Waals surface area contributed by atoms with Gasteiger partial charge < -0.3 is 19.5 Å². The van der Waals surface area contributed by atoms with Gasteiger partial charge in [0, 0.05) is 0 Å². The number of hydrogen-bond acceptors (Lipinski definition) is 9. The van der Waals surface area contributed by atoms with E-state index >= 15 is 0 Å². The van der Waals surface area contributed by atoms with Gasteiger partial charge in [-0.25, -0.2) is 24.4 Å². The average Bonchev–Trinajstić information content (AvgIpc) is 3.27. The van der Waals surface area contributed by atoms with E-state index in [1.54, 1.807) is 29.2 Å². The van der Waals surface area contributed by atoms with Crippen LogP contribution in [0.3, 0.4) is 0 Å². The topological polar surface area (TPSA) is 120 Å². The van der Waals surface area contributed by atoms with Gasteiger partial charge in [0.05, 0.1) is 36.1 Å². The van der Waals surface area contributed by atoms with Crippen molar-refractivity contribution in [2.24, 2.45) is 0 Å². The predicted octanol–water partition coefficient (Wildman–Crippen LogP) is 5.92. The van der Waals surface area contributed by atoms with E-state index in [4.69, 9.17) is 30.8 Å². The number of cyclic esters (lactones) is 1. The maximum Gasteiger partial charge on any atom is 0.415 e. The van der Waals surface area contributed by atoms with Gasteiger partial charge >= 0.3 is 18.0 Å². The van der Waals surface area contributed by atoms with Gasteiger partial charge in [-0.05, 0) is 88.6 Å². The minimum atomic E-state index is -0.623. The third kappa shape index (κ3) is 7.32. The van der Waals surface area contributed by atoms with Crippen LogP contribution < -0.4 is 10.2 Å². The van der Waals surface area contributed by atoms with Gasteiger partial charge in [0.1, 0.15) is 23.2 Å². The summed E-state index contributed by atoms with van der Waals surface area (Å²) in [6.07, 6.45) is 0.0119. The number of rotatable bonds is 8. The van der Waals surface area contributed by atoms with Crippen molar-refractivity contribution in [2.45, 2.75) is 58.7 Å². The maximum absolute atomic E-state index is 12.8. The minimum absolute atomic E-state index is 0.0561. The second kappa shape index (κ2) is 12.1. The van der Waals surface area contributed by atoms with E-state index in [1.807, 2.05) is 58.9 Å². The molecule has 216 valence electrons. The normalized spacial score (nSPS) is 15.7. The first-order valence-electron chi connectivity index (χ1n) is 13.1. The number of methoxy groups -OCH3 is 1. The predicted molar refractivity (Wildman–Crippen MR) is 155 cm³/mol. The highest BCUT2D eigenvalue weighted by molar-refractivity contribution is 6.29. The van der Waals surface area contributed by atoms with Gasteiger partial charge in [-0.3, -0.25) is 4.90 Å². The van der Waals surface area contributed by atoms with E-state index in [2.05, 4.69) is 10.3 Å². The Kier molecular flexibility index (Phi) is 8.82. The molecule has 3 heterocycles. The van der Waals surface area contributed by atoms with E-state index in [0.29, 0.717) is 29.2 Å². The number of carbonyl (C=O) groups excluding carboxylic acids is 3. The molecule has 11 heteroatoms. The molecule has 1 aromatic carbocycles.